The average Bonchev–Trinajstić information content (AvgIpc) is 2.60. The summed E-state index contributed by atoms with van der Waals surface area (Å²) < 4.78 is 6.05. The van der Waals surface area contributed by atoms with Gasteiger partial charge in [-0.1, -0.05) is 45.4 Å². The van der Waals surface area contributed by atoms with Crippen LogP contribution < -0.4 is 0 Å². The molecule has 0 bridgehead atoms. The molecule has 0 spiro atoms. The van der Waals surface area contributed by atoms with E-state index in [1.54, 1.807) is 0 Å². The summed E-state index contributed by atoms with van der Waals surface area (Å²) in [5.74, 6) is 3.06. The summed E-state index contributed by atoms with van der Waals surface area (Å²) in [5, 5.41) is 0. The molecule has 0 radical (unpaired) electrons. The van der Waals surface area contributed by atoms with E-state index in [2.05, 4.69) is 6.92 Å². The van der Waals surface area contributed by atoms with E-state index in [1.165, 1.54) is 77.0 Å². The number of hydrogen-bond acceptors (Lipinski definition) is 1. The molecule has 0 aromatic carbocycles. The Morgan fingerprint density at radius 1 is 0.833 bits per heavy atom. The van der Waals surface area contributed by atoms with E-state index < -0.39 is 7.42 Å². The second-order valence-electron chi connectivity index (χ2n) is 8.22. The van der Waals surface area contributed by atoms with Gasteiger partial charge in [0.2, 0.25) is 7.42 Å². The van der Waals surface area contributed by atoms with Crippen molar-refractivity contribution in [3.05, 3.63) is 0 Å². The maximum Gasteiger partial charge on any atom is 0.237 e. The predicted octanol–water partition coefficient (Wildman–Crippen LogP) is 7.04. The van der Waals surface area contributed by atoms with Crippen LogP contribution in [0.25, 0.3) is 0 Å². The topological polar surface area (TPSA) is 9.23 Å². The molecular formula is C20H38Cl2OSi. The first-order valence-electron chi connectivity index (χ1n) is 10.6. The van der Waals surface area contributed by atoms with Crippen molar-refractivity contribution < 1.29 is 4.74 Å². The Kier molecular flexibility index (Phi) is 10.7. The van der Waals surface area contributed by atoms with Gasteiger partial charge in [-0.2, -0.15) is 22.2 Å². The quantitative estimate of drug-likeness (QED) is 0.220. The third-order valence-corrected chi connectivity index (χ3v) is 8.57. The molecule has 0 atom stereocenters. The first-order chi connectivity index (χ1) is 11.7. The van der Waals surface area contributed by atoms with Gasteiger partial charge in [0.25, 0.3) is 0 Å². The van der Waals surface area contributed by atoms with Gasteiger partial charge in [0.05, 0.1) is 6.10 Å². The molecule has 4 heteroatoms. The maximum absolute atomic E-state index is 6.05. The molecular weight excluding hydrogens is 355 g/mol. The van der Waals surface area contributed by atoms with Crippen molar-refractivity contribution >= 4 is 29.6 Å². The first-order valence-corrected chi connectivity index (χ1v) is 14.9. The van der Waals surface area contributed by atoms with Gasteiger partial charge in [-0.3, -0.25) is 0 Å². The van der Waals surface area contributed by atoms with E-state index in [0.29, 0.717) is 6.10 Å². The predicted molar refractivity (Wildman–Crippen MR) is 110 cm³/mol. The normalized spacial score (nSPS) is 31.5. The maximum atomic E-state index is 6.05. The highest BCUT2D eigenvalue weighted by Crippen LogP contribution is 2.41. The fourth-order valence-electron chi connectivity index (χ4n) is 4.85. The van der Waals surface area contributed by atoms with Gasteiger partial charge in [-0.15, -0.1) is 0 Å². The zero-order chi connectivity index (χ0) is 17.2. The molecule has 24 heavy (non-hydrogen) atoms. The van der Waals surface area contributed by atoms with Crippen LogP contribution in [0, 0.1) is 17.8 Å². The third-order valence-electron chi connectivity index (χ3n) is 6.41. The van der Waals surface area contributed by atoms with E-state index in [4.69, 9.17) is 26.9 Å². The van der Waals surface area contributed by atoms with Gasteiger partial charge in [0.1, 0.15) is 0 Å². The summed E-state index contributed by atoms with van der Waals surface area (Å²) in [6.45, 7) is 3.17. The monoisotopic (exact) mass is 392 g/mol. The van der Waals surface area contributed by atoms with Crippen LogP contribution in [-0.4, -0.2) is 20.1 Å². The van der Waals surface area contributed by atoms with Crippen LogP contribution in [0.2, 0.25) is 6.04 Å². The van der Waals surface area contributed by atoms with Crippen molar-refractivity contribution in [3.8, 4) is 0 Å². The summed E-state index contributed by atoms with van der Waals surface area (Å²) in [6.07, 6.45) is 18.7. The highest BCUT2D eigenvalue weighted by Gasteiger charge is 2.30. The minimum atomic E-state index is -1.42. The lowest BCUT2D eigenvalue weighted by molar-refractivity contribution is 0.00728. The minimum absolute atomic E-state index is 0.511. The first kappa shape index (κ1) is 21.1. The second kappa shape index (κ2) is 12.2. The van der Waals surface area contributed by atoms with Crippen LogP contribution in [0.5, 0.6) is 0 Å². The molecule has 0 unspecified atom stereocenters. The van der Waals surface area contributed by atoms with Crippen LogP contribution in [0.4, 0.5) is 0 Å². The van der Waals surface area contributed by atoms with E-state index in [-0.39, 0.29) is 0 Å². The lowest BCUT2D eigenvalue weighted by Crippen LogP contribution is -2.28. The number of ether oxygens (including phenoxy) is 1. The SMILES string of the molecule is CCCCCC1CCC(C2CCC(OCCC[SiH](Cl)Cl)CC2)CC1. The molecule has 0 heterocycles. The van der Waals surface area contributed by atoms with Gasteiger partial charge < -0.3 is 4.74 Å². The van der Waals surface area contributed by atoms with Crippen molar-refractivity contribution in [2.45, 2.75) is 103 Å². The highest BCUT2D eigenvalue weighted by atomic mass is 35.7. The number of hydrogen-bond donors (Lipinski definition) is 0. The van der Waals surface area contributed by atoms with Crippen LogP contribution in [-0.2, 0) is 4.74 Å². The van der Waals surface area contributed by atoms with Crippen LogP contribution in [0.15, 0.2) is 0 Å². The van der Waals surface area contributed by atoms with Crippen molar-refractivity contribution in [1.82, 2.24) is 0 Å². The van der Waals surface area contributed by atoms with Gasteiger partial charge in [-0.25, -0.2) is 0 Å². The smallest absolute Gasteiger partial charge is 0.237 e. The van der Waals surface area contributed by atoms with Gasteiger partial charge >= 0.3 is 0 Å². The Labute approximate surface area is 161 Å². The Balaban J connectivity index is 1.55. The summed E-state index contributed by atoms with van der Waals surface area (Å²) in [4.78, 5) is 0. The Morgan fingerprint density at radius 3 is 2.04 bits per heavy atom. The average molecular weight is 394 g/mol. The Hall–Kier alpha value is 0.757. The molecule has 2 aliphatic carbocycles. The molecule has 1 nitrogen and oxygen atoms in total. The highest BCUT2D eigenvalue weighted by molar-refractivity contribution is 7.33. The molecule has 2 aliphatic rings. The second-order valence-corrected chi connectivity index (χ2v) is 13.4. The zero-order valence-electron chi connectivity index (χ0n) is 15.7. The molecule has 0 aliphatic heterocycles. The molecule has 0 aromatic rings. The Bertz CT molecular complexity index is 311. The zero-order valence-corrected chi connectivity index (χ0v) is 18.3. The van der Waals surface area contributed by atoms with E-state index >= 15 is 0 Å². The van der Waals surface area contributed by atoms with Crippen molar-refractivity contribution in [2.75, 3.05) is 6.61 Å². The summed E-state index contributed by atoms with van der Waals surface area (Å²) in [7, 11) is -1.42. The number of unbranched alkanes of at least 4 members (excludes halogenated alkanes) is 2. The minimum Gasteiger partial charge on any atom is -0.378 e. The number of halogens is 2. The van der Waals surface area contributed by atoms with Crippen LogP contribution >= 0.6 is 22.2 Å². The summed E-state index contributed by atoms with van der Waals surface area (Å²) in [6, 6.07) is 0.986. The standard InChI is InChI=1S/C20H38Cl2OSi/c1-2-3-4-6-17-7-9-18(10-8-17)19-11-13-20(14-12-19)23-15-5-16-24(21)22/h17-20,24H,2-16H2,1H3. The van der Waals surface area contributed by atoms with E-state index in [9.17, 15) is 0 Å². The van der Waals surface area contributed by atoms with Crippen molar-refractivity contribution in [1.29, 1.82) is 0 Å². The lowest BCUT2D eigenvalue weighted by atomic mass is 9.70. The third kappa shape index (κ3) is 7.97. The largest absolute Gasteiger partial charge is 0.378 e. The van der Waals surface area contributed by atoms with Crippen molar-refractivity contribution in [2.24, 2.45) is 17.8 Å². The van der Waals surface area contributed by atoms with Crippen LogP contribution in [0.1, 0.15) is 90.4 Å². The molecule has 0 amide bonds. The fraction of sp³-hybridized carbons (Fsp3) is 1.00. The lowest BCUT2D eigenvalue weighted by Gasteiger charge is -2.38. The molecule has 2 saturated carbocycles. The van der Waals surface area contributed by atoms with Gasteiger partial charge in [0.15, 0.2) is 0 Å². The molecule has 2 rings (SSSR count). The fourth-order valence-corrected chi connectivity index (χ4v) is 6.25. The van der Waals surface area contributed by atoms with Crippen LogP contribution in [0.3, 0.4) is 0 Å². The molecule has 142 valence electrons. The van der Waals surface area contributed by atoms with Gasteiger partial charge in [0, 0.05) is 6.61 Å². The molecule has 0 N–H and O–H groups in total. The molecule has 0 saturated heterocycles. The van der Waals surface area contributed by atoms with Crippen molar-refractivity contribution in [3.63, 3.8) is 0 Å². The number of rotatable bonds is 10. The molecule has 0 aromatic heterocycles. The van der Waals surface area contributed by atoms with Gasteiger partial charge in [-0.05, 0) is 68.7 Å². The summed E-state index contributed by atoms with van der Waals surface area (Å²) >= 11 is 11.8. The van der Waals surface area contributed by atoms with E-state index in [1.807, 2.05) is 0 Å². The molecule has 2 fully saturated rings. The summed E-state index contributed by atoms with van der Waals surface area (Å²) in [5.41, 5.74) is 0. The Morgan fingerprint density at radius 2 is 1.46 bits per heavy atom. The van der Waals surface area contributed by atoms with E-state index in [0.717, 1.165) is 36.8 Å².